The average Bonchev–Trinajstić information content (AvgIpc) is 2.25. The van der Waals surface area contributed by atoms with Crippen molar-refractivity contribution in [1.82, 2.24) is 0 Å². The van der Waals surface area contributed by atoms with Crippen molar-refractivity contribution in [1.29, 1.82) is 0 Å². The lowest BCUT2D eigenvalue weighted by molar-refractivity contribution is 0.865. The largest absolute Gasteiger partial charge is 0.384 e. The molecule has 0 spiro atoms. The van der Waals surface area contributed by atoms with E-state index in [-0.39, 0.29) is 0 Å². The van der Waals surface area contributed by atoms with Gasteiger partial charge < -0.3 is 5.32 Å². The van der Waals surface area contributed by atoms with Crippen LogP contribution in [-0.4, -0.2) is 6.54 Å². The van der Waals surface area contributed by atoms with Crippen molar-refractivity contribution in [2.24, 2.45) is 0 Å². The monoisotopic (exact) mass is 201 g/mol. The smallest absolute Gasteiger partial charge is 0.0375 e. The van der Waals surface area contributed by atoms with Gasteiger partial charge in [-0.3, -0.25) is 0 Å². The summed E-state index contributed by atoms with van der Waals surface area (Å²) in [6.07, 6.45) is 0.906. The lowest BCUT2D eigenvalue weighted by Gasteiger charge is -2.13. The summed E-state index contributed by atoms with van der Waals surface area (Å²) >= 11 is 0. The third kappa shape index (κ3) is 3.67. The third-order valence-electron chi connectivity index (χ3n) is 2.33. The molecular formula is C14H19N. The SMILES string of the molecule is CC#CCCNc1ccccc1C(C)C. The van der Waals surface area contributed by atoms with E-state index in [1.54, 1.807) is 0 Å². The number of rotatable bonds is 4. The molecule has 1 aromatic carbocycles. The summed E-state index contributed by atoms with van der Waals surface area (Å²) in [7, 11) is 0. The van der Waals surface area contributed by atoms with Gasteiger partial charge in [0.1, 0.15) is 0 Å². The molecule has 0 amide bonds. The van der Waals surface area contributed by atoms with E-state index in [9.17, 15) is 0 Å². The second kappa shape index (κ2) is 6.14. The van der Waals surface area contributed by atoms with E-state index in [1.807, 2.05) is 6.92 Å². The minimum Gasteiger partial charge on any atom is -0.384 e. The topological polar surface area (TPSA) is 12.0 Å². The lowest BCUT2D eigenvalue weighted by Crippen LogP contribution is -2.04. The van der Waals surface area contributed by atoms with Gasteiger partial charge in [0.2, 0.25) is 0 Å². The lowest BCUT2D eigenvalue weighted by atomic mass is 10.0. The van der Waals surface area contributed by atoms with Crippen LogP contribution in [0.15, 0.2) is 24.3 Å². The summed E-state index contributed by atoms with van der Waals surface area (Å²) in [5.41, 5.74) is 2.62. The molecule has 1 N–H and O–H groups in total. The highest BCUT2D eigenvalue weighted by Crippen LogP contribution is 2.23. The predicted molar refractivity (Wildman–Crippen MR) is 67.1 cm³/mol. The summed E-state index contributed by atoms with van der Waals surface area (Å²) in [6, 6.07) is 8.47. The van der Waals surface area contributed by atoms with Gasteiger partial charge >= 0.3 is 0 Å². The van der Waals surface area contributed by atoms with Gasteiger partial charge in [-0.05, 0) is 24.5 Å². The van der Waals surface area contributed by atoms with Crippen LogP contribution in [0.1, 0.15) is 38.7 Å². The Hall–Kier alpha value is -1.42. The Morgan fingerprint density at radius 2 is 2.00 bits per heavy atom. The Morgan fingerprint density at radius 3 is 2.67 bits per heavy atom. The molecule has 0 atom stereocenters. The van der Waals surface area contributed by atoms with Gasteiger partial charge in [-0.15, -0.1) is 11.8 Å². The highest BCUT2D eigenvalue weighted by molar-refractivity contribution is 5.52. The first-order chi connectivity index (χ1) is 7.25. The number of anilines is 1. The molecule has 0 aliphatic heterocycles. The van der Waals surface area contributed by atoms with Crippen LogP contribution in [0.5, 0.6) is 0 Å². The first-order valence-electron chi connectivity index (χ1n) is 5.48. The van der Waals surface area contributed by atoms with Crippen molar-refractivity contribution in [2.45, 2.75) is 33.1 Å². The number of benzene rings is 1. The van der Waals surface area contributed by atoms with Crippen molar-refractivity contribution in [3.05, 3.63) is 29.8 Å². The van der Waals surface area contributed by atoms with E-state index >= 15 is 0 Å². The molecule has 0 aliphatic rings. The van der Waals surface area contributed by atoms with Crippen LogP contribution < -0.4 is 5.32 Å². The summed E-state index contributed by atoms with van der Waals surface area (Å²) in [4.78, 5) is 0. The molecule has 1 rings (SSSR count). The van der Waals surface area contributed by atoms with Crippen LogP contribution in [0.2, 0.25) is 0 Å². The van der Waals surface area contributed by atoms with E-state index in [0.29, 0.717) is 5.92 Å². The van der Waals surface area contributed by atoms with Gasteiger partial charge in [-0.25, -0.2) is 0 Å². The number of nitrogens with one attached hydrogen (secondary N) is 1. The Kier molecular flexibility index (Phi) is 4.77. The van der Waals surface area contributed by atoms with Crippen LogP contribution in [0.4, 0.5) is 5.69 Å². The van der Waals surface area contributed by atoms with Crippen LogP contribution in [0.3, 0.4) is 0 Å². The minimum atomic E-state index is 0.561. The van der Waals surface area contributed by atoms with Crippen LogP contribution in [-0.2, 0) is 0 Å². The van der Waals surface area contributed by atoms with E-state index in [0.717, 1.165) is 13.0 Å². The van der Waals surface area contributed by atoms with Crippen molar-refractivity contribution >= 4 is 5.69 Å². The molecular weight excluding hydrogens is 182 g/mol. The molecule has 0 aromatic heterocycles. The summed E-state index contributed by atoms with van der Waals surface area (Å²) < 4.78 is 0. The molecule has 80 valence electrons. The average molecular weight is 201 g/mol. The van der Waals surface area contributed by atoms with Gasteiger partial charge in [0.25, 0.3) is 0 Å². The normalized spacial score (nSPS) is 9.60. The van der Waals surface area contributed by atoms with Gasteiger partial charge in [0.15, 0.2) is 0 Å². The van der Waals surface area contributed by atoms with Gasteiger partial charge in [-0.1, -0.05) is 32.0 Å². The first kappa shape index (κ1) is 11.7. The van der Waals surface area contributed by atoms with Crippen LogP contribution in [0, 0.1) is 11.8 Å². The van der Waals surface area contributed by atoms with Crippen LogP contribution >= 0.6 is 0 Å². The van der Waals surface area contributed by atoms with Crippen molar-refractivity contribution < 1.29 is 0 Å². The maximum absolute atomic E-state index is 3.43. The molecule has 1 heteroatoms. The molecule has 0 aliphatic carbocycles. The summed E-state index contributed by atoms with van der Waals surface area (Å²) in [5, 5.41) is 3.43. The maximum atomic E-state index is 3.43. The zero-order chi connectivity index (χ0) is 11.1. The molecule has 0 fully saturated rings. The standard InChI is InChI=1S/C14H19N/c1-4-5-8-11-15-14-10-7-6-9-13(14)12(2)3/h6-7,9-10,12,15H,8,11H2,1-3H3. The fourth-order valence-electron chi connectivity index (χ4n) is 1.55. The van der Waals surface area contributed by atoms with E-state index in [2.05, 4.69) is 55.3 Å². The summed E-state index contributed by atoms with van der Waals surface area (Å²) in [5.74, 6) is 6.52. The summed E-state index contributed by atoms with van der Waals surface area (Å²) in [6.45, 7) is 7.23. The molecule has 0 saturated heterocycles. The quantitative estimate of drug-likeness (QED) is 0.579. The minimum absolute atomic E-state index is 0.561. The van der Waals surface area contributed by atoms with E-state index in [4.69, 9.17) is 0 Å². The Morgan fingerprint density at radius 1 is 1.27 bits per heavy atom. The van der Waals surface area contributed by atoms with E-state index in [1.165, 1.54) is 11.3 Å². The number of hydrogen-bond acceptors (Lipinski definition) is 1. The van der Waals surface area contributed by atoms with Gasteiger partial charge in [0.05, 0.1) is 0 Å². The number of para-hydroxylation sites is 1. The maximum Gasteiger partial charge on any atom is 0.0375 e. The van der Waals surface area contributed by atoms with Crippen molar-refractivity contribution in [2.75, 3.05) is 11.9 Å². The fourth-order valence-corrected chi connectivity index (χ4v) is 1.55. The molecule has 1 nitrogen and oxygen atoms in total. The molecule has 0 bridgehead atoms. The fraction of sp³-hybridized carbons (Fsp3) is 0.429. The number of hydrogen-bond donors (Lipinski definition) is 1. The Balaban J connectivity index is 2.62. The van der Waals surface area contributed by atoms with Crippen molar-refractivity contribution in [3.63, 3.8) is 0 Å². The Bertz CT molecular complexity index is 355. The van der Waals surface area contributed by atoms with E-state index < -0.39 is 0 Å². The first-order valence-corrected chi connectivity index (χ1v) is 5.48. The van der Waals surface area contributed by atoms with Gasteiger partial charge in [0, 0.05) is 18.7 Å². The molecule has 1 aromatic rings. The molecule has 0 heterocycles. The highest BCUT2D eigenvalue weighted by Gasteiger charge is 2.03. The molecule has 15 heavy (non-hydrogen) atoms. The highest BCUT2D eigenvalue weighted by atomic mass is 14.9. The third-order valence-corrected chi connectivity index (χ3v) is 2.33. The predicted octanol–water partition coefficient (Wildman–Crippen LogP) is 3.64. The zero-order valence-electron chi connectivity index (χ0n) is 9.80. The van der Waals surface area contributed by atoms with Crippen LogP contribution in [0.25, 0.3) is 0 Å². The second-order valence-corrected chi connectivity index (χ2v) is 3.85. The molecule has 0 saturated carbocycles. The Labute approximate surface area is 92.9 Å². The van der Waals surface area contributed by atoms with Crippen molar-refractivity contribution in [3.8, 4) is 11.8 Å². The zero-order valence-corrected chi connectivity index (χ0v) is 9.80. The second-order valence-electron chi connectivity index (χ2n) is 3.85. The van der Waals surface area contributed by atoms with Gasteiger partial charge in [-0.2, -0.15) is 0 Å². The molecule has 0 radical (unpaired) electrons. The molecule has 0 unspecified atom stereocenters.